The molecular formula is C19H21BrO5S. The molecule has 0 fully saturated rings. The summed E-state index contributed by atoms with van der Waals surface area (Å²) in [5, 5.41) is -0.937. The second kappa shape index (κ2) is 8.68. The molecule has 0 radical (unpaired) electrons. The lowest BCUT2D eigenvalue weighted by atomic mass is 9.97. The molecule has 0 aliphatic carbocycles. The maximum Gasteiger partial charge on any atom is 0.305 e. The van der Waals surface area contributed by atoms with Gasteiger partial charge in [-0.2, -0.15) is 0 Å². The van der Waals surface area contributed by atoms with E-state index >= 15 is 0 Å². The van der Waals surface area contributed by atoms with E-state index in [0.717, 1.165) is 0 Å². The van der Waals surface area contributed by atoms with Crippen molar-refractivity contribution < 1.29 is 22.7 Å². The van der Waals surface area contributed by atoms with Gasteiger partial charge in [0, 0.05) is 10.9 Å². The quantitative estimate of drug-likeness (QED) is 0.604. The summed E-state index contributed by atoms with van der Waals surface area (Å²) in [6.07, 6.45) is -0.0170. The molecule has 0 spiro atoms. The highest BCUT2D eigenvalue weighted by molar-refractivity contribution is 9.10. The summed E-state index contributed by atoms with van der Waals surface area (Å²) in [6.45, 7) is 1.73. The van der Waals surface area contributed by atoms with Gasteiger partial charge in [0.1, 0.15) is 5.75 Å². The van der Waals surface area contributed by atoms with Crippen molar-refractivity contribution in [3.8, 4) is 5.75 Å². The van der Waals surface area contributed by atoms with E-state index in [4.69, 9.17) is 9.47 Å². The topological polar surface area (TPSA) is 69.7 Å². The fourth-order valence-corrected chi connectivity index (χ4v) is 5.57. The summed E-state index contributed by atoms with van der Waals surface area (Å²) in [7, 11) is -0.940. The van der Waals surface area contributed by atoms with Gasteiger partial charge in [-0.15, -0.1) is 0 Å². The zero-order valence-electron chi connectivity index (χ0n) is 14.8. The van der Waals surface area contributed by atoms with Crippen LogP contribution in [0.3, 0.4) is 0 Å². The highest BCUT2D eigenvalue weighted by Gasteiger charge is 2.36. The molecule has 0 aromatic heterocycles. The minimum absolute atomic E-state index is 0.0170. The van der Waals surface area contributed by atoms with Gasteiger partial charge in [-0.25, -0.2) is 8.42 Å². The van der Waals surface area contributed by atoms with Crippen molar-refractivity contribution in [1.29, 1.82) is 0 Å². The van der Waals surface area contributed by atoms with Gasteiger partial charge in [0.05, 0.1) is 24.4 Å². The van der Waals surface area contributed by atoms with Crippen molar-refractivity contribution in [2.24, 2.45) is 5.92 Å². The van der Waals surface area contributed by atoms with Gasteiger partial charge in [-0.3, -0.25) is 4.79 Å². The van der Waals surface area contributed by atoms with E-state index in [9.17, 15) is 13.2 Å². The Morgan fingerprint density at radius 3 is 2.35 bits per heavy atom. The molecule has 0 heterocycles. The van der Waals surface area contributed by atoms with Crippen molar-refractivity contribution in [2.45, 2.75) is 23.5 Å². The van der Waals surface area contributed by atoms with Crippen molar-refractivity contribution >= 4 is 31.7 Å². The van der Waals surface area contributed by atoms with Gasteiger partial charge in [0.15, 0.2) is 9.84 Å². The van der Waals surface area contributed by atoms with Crippen LogP contribution in [0.4, 0.5) is 0 Å². The van der Waals surface area contributed by atoms with Crippen LogP contribution in [0.5, 0.6) is 5.75 Å². The first-order chi connectivity index (χ1) is 12.3. The van der Waals surface area contributed by atoms with E-state index in [-0.39, 0.29) is 11.3 Å². The Balaban J connectivity index is 2.62. The largest absolute Gasteiger partial charge is 0.497 e. The standard InChI is InChI=1S/C19H21BrO5S/c1-13(11-18(21)25-3)19(16-12-14(24-2)9-10-17(16)20)26(22,23)15-7-5-4-6-8-15/h4-10,12-13,19H,11H2,1-3H3/t13-,19-/m1/s1. The number of sulfone groups is 1. The Morgan fingerprint density at radius 2 is 1.77 bits per heavy atom. The van der Waals surface area contributed by atoms with Gasteiger partial charge in [-0.1, -0.05) is 41.1 Å². The Bertz CT molecular complexity index is 865. The maximum atomic E-state index is 13.4. The highest BCUT2D eigenvalue weighted by Crippen LogP contribution is 2.41. The SMILES string of the molecule is COC(=O)C[C@@H](C)[C@H](c1cc(OC)ccc1Br)S(=O)(=O)c1ccccc1. The zero-order valence-corrected chi connectivity index (χ0v) is 17.2. The summed E-state index contributed by atoms with van der Waals surface area (Å²) in [5.74, 6) is -0.414. The van der Waals surface area contributed by atoms with E-state index in [2.05, 4.69) is 15.9 Å². The van der Waals surface area contributed by atoms with E-state index in [1.54, 1.807) is 55.5 Å². The van der Waals surface area contributed by atoms with Crippen LogP contribution < -0.4 is 4.74 Å². The number of esters is 1. The van der Waals surface area contributed by atoms with Crippen LogP contribution in [0.1, 0.15) is 24.2 Å². The predicted octanol–water partition coefficient (Wildman–Crippen LogP) is 4.17. The molecule has 2 rings (SSSR count). The van der Waals surface area contributed by atoms with E-state index in [0.29, 0.717) is 15.8 Å². The number of carbonyl (C=O) groups is 1. The summed E-state index contributed by atoms with van der Waals surface area (Å²) >= 11 is 3.44. The van der Waals surface area contributed by atoms with Gasteiger partial charge in [0.2, 0.25) is 0 Å². The molecule has 140 valence electrons. The Hall–Kier alpha value is -1.86. The third-order valence-corrected chi connectivity index (χ3v) is 7.19. The van der Waals surface area contributed by atoms with Crippen LogP contribution in [-0.2, 0) is 19.4 Å². The maximum absolute atomic E-state index is 13.4. The van der Waals surface area contributed by atoms with Crippen LogP contribution in [0, 0.1) is 5.92 Å². The number of benzene rings is 2. The molecule has 2 atom stereocenters. The van der Waals surface area contributed by atoms with Crippen LogP contribution in [0.2, 0.25) is 0 Å². The number of carbonyl (C=O) groups excluding carboxylic acids is 1. The van der Waals surface area contributed by atoms with E-state index in [1.165, 1.54) is 14.2 Å². The third kappa shape index (κ3) is 4.45. The fraction of sp³-hybridized carbons (Fsp3) is 0.316. The Labute approximate surface area is 162 Å². The van der Waals surface area contributed by atoms with Crippen LogP contribution in [0.25, 0.3) is 0 Å². The van der Waals surface area contributed by atoms with Gasteiger partial charge >= 0.3 is 5.97 Å². The van der Waals surface area contributed by atoms with Gasteiger partial charge < -0.3 is 9.47 Å². The molecule has 0 saturated heterocycles. The number of halogens is 1. The van der Waals surface area contributed by atoms with Crippen LogP contribution in [-0.4, -0.2) is 28.6 Å². The molecule has 0 amide bonds. The van der Waals surface area contributed by atoms with E-state index < -0.39 is 27.0 Å². The monoisotopic (exact) mass is 440 g/mol. The van der Waals surface area contributed by atoms with Crippen molar-refractivity contribution in [2.75, 3.05) is 14.2 Å². The molecule has 0 bridgehead atoms. The van der Waals surface area contributed by atoms with Gasteiger partial charge in [-0.05, 0) is 41.8 Å². The molecule has 26 heavy (non-hydrogen) atoms. The smallest absolute Gasteiger partial charge is 0.305 e. The minimum atomic E-state index is -3.75. The average molecular weight is 441 g/mol. The summed E-state index contributed by atoms with van der Waals surface area (Å²) in [5.41, 5.74) is 0.546. The lowest BCUT2D eigenvalue weighted by Crippen LogP contribution is -2.23. The minimum Gasteiger partial charge on any atom is -0.497 e. The normalized spacial score (nSPS) is 13.7. The molecular weight excluding hydrogens is 420 g/mol. The average Bonchev–Trinajstić information content (AvgIpc) is 2.63. The van der Waals surface area contributed by atoms with Crippen molar-refractivity contribution in [3.63, 3.8) is 0 Å². The van der Waals surface area contributed by atoms with Gasteiger partial charge in [0.25, 0.3) is 0 Å². The molecule has 2 aromatic carbocycles. The molecule has 5 nitrogen and oxygen atoms in total. The van der Waals surface area contributed by atoms with Crippen molar-refractivity contribution in [1.82, 2.24) is 0 Å². The second-order valence-electron chi connectivity index (χ2n) is 5.92. The van der Waals surface area contributed by atoms with Crippen LogP contribution in [0.15, 0.2) is 57.9 Å². The first-order valence-electron chi connectivity index (χ1n) is 8.00. The Kier molecular flexibility index (Phi) is 6.83. The summed E-state index contributed by atoms with van der Waals surface area (Å²) < 4.78 is 37.4. The first-order valence-corrected chi connectivity index (χ1v) is 10.3. The molecule has 0 aliphatic rings. The first kappa shape index (κ1) is 20.5. The third-order valence-electron chi connectivity index (χ3n) is 4.15. The number of methoxy groups -OCH3 is 2. The fourth-order valence-electron chi connectivity index (χ4n) is 2.86. The molecule has 0 aliphatic heterocycles. The van der Waals surface area contributed by atoms with Crippen molar-refractivity contribution in [3.05, 3.63) is 58.6 Å². The number of hydrogen-bond acceptors (Lipinski definition) is 5. The summed E-state index contributed by atoms with van der Waals surface area (Å²) in [6, 6.07) is 13.4. The second-order valence-corrected chi connectivity index (χ2v) is 8.85. The molecule has 0 saturated carbocycles. The molecule has 0 N–H and O–H groups in total. The Morgan fingerprint density at radius 1 is 1.12 bits per heavy atom. The number of rotatable bonds is 7. The summed E-state index contributed by atoms with van der Waals surface area (Å²) in [4.78, 5) is 12.0. The van der Waals surface area contributed by atoms with E-state index in [1.807, 2.05) is 0 Å². The molecule has 2 aromatic rings. The molecule has 0 unspecified atom stereocenters. The number of ether oxygens (including phenoxy) is 2. The highest BCUT2D eigenvalue weighted by atomic mass is 79.9. The van der Waals surface area contributed by atoms with Crippen LogP contribution >= 0.6 is 15.9 Å². The lowest BCUT2D eigenvalue weighted by molar-refractivity contribution is -0.141. The lowest BCUT2D eigenvalue weighted by Gasteiger charge is -2.25. The number of hydrogen-bond donors (Lipinski definition) is 0. The molecule has 7 heteroatoms. The zero-order chi connectivity index (χ0) is 19.3. The predicted molar refractivity (Wildman–Crippen MR) is 103 cm³/mol.